The number of aryl methyl sites for hydroxylation is 1. The smallest absolute Gasteiger partial charge is 0.217 e. The maximum absolute atomic E-state index is 12.2. The summed E-state index contributed by atoms with van der Waals surface area (Å²) in [4.78, 5) is 24.0. The molecule has 4 nitrogen and oxygen atoms in total. The second-order valence-corrected chi connectivity index (χ2v) is 6.45. The Labute approximate surface area is 148 Å². The van der Waals surface area contributed by atoms with Crippen molar-refractivity contribution in [3.63, 3.8) is 0 Å². The van der Waals surface area contributed by atoms with Gasteiger partial charge in [-0.05, 0) is 48.1 Å². The molecule has 0 heterocycles. The molecule has 3 rings (SSSR count). The first-order chi connectivity index (χ1) is 12.1. The maximum atomic E-state index is 12.2. The zero-order valence-electron chi connectivity index (χ0n) is 14.7. The molecule has 1 amide bonds. The molecular weight excluding hydrogens is 314 g/mol. The number of fused-ring (bicyclic) bond motifs is 1. The summed E-state index contributed by atoms with van der Waals surface area (Å²) >= 11 is 0. The Morgan fingerprint density at radius 3 is 2.40 bits per heavy atom. The maximum Gasteiger partial charge on any atom is 0.217 e. The summed E-state index contributed by atoms with van der Waals surface area (Å²) < 4.78 is 5.21. The lowest BCUT2D eigenvalue weighted by Gasteiger charge is -2.21. The van der Waals surface area contributed by atoms with Crippen molar-refractivity contribution in [1.82, 2.24) is 5.32 Å². The molecule has 4 heteroatoms. The van der Waals surface area contributed by atoms with Crippen molar-refractivity contribution >= 4 is 11.7 Å². The van der Waals surface area contributed by atoms with Crippen LogP contribution in [0.1, 0.15) is 59.3 Å². The highest BCUT2D eigenvalue weighted by atomic mass is 16.5. The molecule has 0 aliphatic heterocycles. The van der Waals surface area contributed by atoms with Gasteiger partial charge in [0.15, 0.2) is 5.78 Å². The Balaban J connectivity index is 1.99. The summed E-state index contributed by atoms with van der Waals surface area (Å²) in [6.07, 6.45) is 3.50. The number of carbonyl (C=O) groups is 2. The van der Waals surface area contributed by atoms with E-state index in [1.54, 1.807) is 7.11 Å². The van der Waals surface area contributed by atoms with Gasteiger partial charge in [0, 0.05) is 18.9 Å². The van der Waals surface area contributed by atoms with Gasteiger partial charge in [-0.1, -0.05) is 30.3 Å². The first kappa shape index (κ1) is 17.2. The van der Waals surface area contributed by atoms with Crippen molar-refractivity contribution in [3.05, 3.63) is 64.7 Å². The number of benzene rings is 2. The summed E-state index contributed by atoms with van der Waals surface area (Å²) in [6.45, 7) is 1.52. The highest BCUT2D eigenvalue weighted by Gasteiger charge is 2.20. The molecule has 1 unspecified atom stereocenters. The first-order valence-corrected chi connectivity index (χ1v) is 8.65. The van der Waals surface area contributed by atoms with Gasteiger partial charge in [-0.2, -0.15) is 0 Å². The molecule has 2 aromatic rings. The molecule has 1 aliphatic rings. The predicted molar refractivity (Wildman–Crippen MR) is 97.0 cm³/mol. The lowest BCUT2D eigenvalue weighted by Crippen LogP contribution is -2.27. The van der Waals surface area contributed by atoms with Crippen LogP contribution in [0.25, 0.3) is 0 Å². The van der Waals surface area contributed by atoms with Crippen LogP contribution in [0.15, 0.2) is 42.5 Å². The molecule has 2 aromatic carbocycles. The van der Waals surface area contributed by atoms with Gasteiger partial charge in [0.2, 0.25) is 5.91 Å². The summed E-state index contributed by atoms with van der Waals surface area (Å²) in [5.74, 6) is 0.907. The average molecular weight is 337 g/mol. The summed E-state index contributed by atoms with van der Waals surface area (Å²) in [7, 11) is 1.63. The van der Waals surface area contributed by atoms with Gasteiger partial charge in [-0.25, -0.2) is 0 Å². The van der Waals surface area contributed by atoms with Crippen molar-refractivity contribution < 1.29 is 14.3 Å². The summed E-state index contributed by atoms with van der Waals surface area (Å²) in [5.41, 5.74) is 3.89. The third-order valence-electron chi connectivity index (χ3n) is 4.66. The molecule has 0 saturated carbocycles. The standard InChI is InChI=1S/C21H23NO3/c1-14(23)22-21(15-7-10-18(25-2)11-8-15)17-9-12-19-16(13-17)5-3-4-6-20(19)24/h7-13,21H,3-6H2,1-2H3,(H,22,23). The van der Waals surface area contributed by atoms with E-state index >= 15 is 0 Å². The Morgan fingerprint density at radius 2 is 1.72 bits per heavy atom. The van der Waals surface area contributed by atoms with Crippen LogP contribution >= 0.6 is 0 Å². The lowest BCUT2D eigenvalue weighted by atomic mass is 9.93. The molecule has 0 aromatic heterocycles. The number of amides is 1. The van der Waals surface area contributed by atoms with Gasteiger partial charge in [-0.3, -0.25) is 9.59 Å². The normalized spacial score (nSPS) is 15.0. The van der Waals surface area contributed by atoms with E-state index < -0.39 is 0 Å². The minimum atomic E-state index is -0.243. The lowest BCUT2D eigenvalue weighted by molar-refractivity contribution is -0.119. The van der Waals surface area contributed by atoms with E-state index in [1.807, 2.05) is 36.4 Å². The van der Waals surface area contributed by atoms with Gasteiger partial charge in [-0.15, -0.1) is 0 Å². The molecule has 130 valence electrons. The largest absolute Gasteiger partial charge is 0.497 e. The van der Waals surface area contributed by atoms with Gasteiger partial charge < -0.3 is 10.1 Å². The predicted octanol–water partition coefficient (Wildman–Crippen LogP) is 3.83. The number of methoxy groups -OCH3 is 1. The third-order valence-corrected chi connectivity index (χ3v) is 4.66. The van der Waals surface area contributed by atoms with Gasteiger partial charge in [0.1, 0.15) is 5.75 Å². The highest BCUT2D eigenvalue weighted by molar-refractivity contribution is 5.97. The molecule has 0 radical (unpaired) electrons. The van der Waals surface area contributed by atoms with Crippen LogP contribution in [0.5, 0.6) is 5.75 Å². The number of carbonyl (C=O) groups excluding carboxylic acids is 2. The van der Waals surface area contributed by atoms with Gasteiger partial charge in [0.05, 0.1) is 13.2 Å². The molecule has 0 bridgehead atoms. The summed E-state index contributed by atoms with van der Waals surface area (Å²) in [6, 6.07) is 13.4. The van der Waals surface area contributed by atoms with Gasteiger partial charge in [0.25, 0.3) is 0 Å². The number of hydrogen-bond acceptors (Lipinski definition) is 3. The number of rotatable bonds is 4. The Kier molecular flexibility index (Phi) is 5.17. The minimum Gasteiger partial charge on any atom is -0.497 e. The fraction of sp³-hybridized carbons (Fsp3) is 0.333. The highest BCUT2D eigenvalue weighted by Crippen LogP contribution is 2.28. The second kappa shape index (κ2) is 7.51. The van der Waals surface area contributed by atoms with Gasteiger partial charge >= 0.3 is 0 Å². The van der Waals surface area contributed by atoms with Crippen LogP contribution < -0.4 is 10.1 Å². The summed E-state index contributed by atoms with van der Waals surface area (Å²) in [5, 5.41) is 3.02. The van der Waals surface area contributed by atoms with E-state index in [0.29, 0.717) is 6.42 Å². The van der Waals surface area contributed by atoms with Crippen molar-refractivity contribution in [2.24, 2.45) is 0 Å². The molecule has 0 fully saturated rings. The van der Waals surface area contributed by atoms with Crippen LogP contribution in [-0.2, 0) is 11.2 Å². The molecular formula is C21H23NO3. The van der Waals surface area contributed by atoms with Crippen molar-refractivity contribution in [1.29, 1.82) is 0 Å². The van der Waals surface area contributed by atoms with E-state index in [0.717, 1.165) is 47.3 Å². The van der Waals surface area contributed by atoms with E-state index in [9.17, 15) is 9.59 Å². The topological polar surface area (TPSA) is 55.4 Å². The van der Waals surface area contributed by atoms with Crippen molar-refractivity contribution in [2.45, 2.75) is 38.6 Å². The quantitative estimate of drug-likeness (QED) is 0.863. The van der Waals surface area contributed by atoms with Crippen LogP contribution in [0, 0.1) is 0 Å². The van der Waals surface area contributed by atoms with Crippen LogP contribution in [0.2, 0.25) is 0 Å². The van der Waals surface area contributed by atoms with Crippen LogP contribution in [-0.4, -0.2) is 18.8 Å². The number of ketones is 1. The Morgan fingerprint density at radius 1 is 1.04 bits per heavy atom. The fourth-order valence-electron chi connectivity index (χ4n) is 3.37. The van der Waals surface area contributed by atoms with E-state index in [4.69, 9.17) is 4.74 Å². The molecule has 1 atom stereocenters. The third kappa shape index (κ3) is 3.90. The molecule has 0 spiro atoms. The van der Waals surface area contributed by atoms with Crippen molar-refractivity contribution in [2.75, 3.05) is 7.11 Å². The molecule has 0 saturated heterocycles. The first-order valence-electron chi connectivity index (χ1n) is 8.65. The minimum absolute atomic E-state index is 0.0909. The monoisotopic (exact) mass is 337 g/mol. The van der Waals surface area contributed by atoms with E-state index in [1.165, 1.54) is 6.92 Å². The van der Waals surface area contributed by atoms with Crippen molar-refractivity contribution in [3.8, 4) is 5.75 Å². The molecule has 1 aliphatic carbocycles. The second-order valence-electron chi connectivity index (χ2n) is 6.45. The zero-order chi connectivity index (χ0) is 17.8. The van der Waals surface area contributed by atoms with E-state index in [2.05, 4.69) is 11.4 Å². The Hall–Kier alpha value is -2.62. The fourth-order valence-corrected chi connectivity index (χ4v) is 3.37. The SMILES string of the molecule is COc1ccc(C(NC(C)=O)c2ccc3c(c2)CCCCC3=O)cc1. The zero-order valence-corrected chi connectivity index (χ0v) is 14.7. The number of hydrogen-bond donors (Lipinski definition) is 1. The number of Topliss-reactive ketones (excluding diaryl/α,β-unsaturated/α-hetero) is 1. The van der Waals surface area contributed by atoms with Crippen LogP contribution in [0.3, 0.4) is 0 Å². The number of nitrogens with one attached hydrogen (secondary N) is 1. The Bertz CT molecular complexity index is 780. The average Bonchev–Trinajstić information content (AvgIpc) is 2.81. The molecule has 1 N–H and O–H groups in total. The van der Waals surface area contributed by atoms with Crippen LogP contribution in [0.4, 0.5) is 0 Å². The molecule has 25 heavy (non-hydrogen) atoms. The van der Waals surface area contributed by atoms with E-state index in [-0.39, 0.29) is 17.7 Å². The number of ether oxygens (including phenoxy) is 1.